The van der Waals surface area contributed by atoms with Gasteiger partial charge in [0.05, 0.1) is 12.7 Å². The summed E-state index contributed by atoms with van der Waals surface area (Å²) >= 11 is 1.54. The fourth-order valence-corrected chi connectivity index (χ4v) is 4.29. The monoisotopic (exact) mass is 331 g/mol. The SMILES string of the molecule is COC(=O)C1(NC(=O)c2csc3ccccc23)CCCCCC1. The minimum Gasteiger partial charge on any atom is -0.467 e. The summed E-state index contributed by atoms with van der Waals surface area (Å²) < 4.78 is 6.08. The van der Waals surface area contributed by atoms with Gasteiger partial charge in [-0.3, -0.25) is 4.79 Å². The molecule has 0 saturated heterocycles. The highest BCUT2D eigenvalue weighted by atomic mass is 32.1. The third kappa shape index (κ3) is 3.11. The summed E-state index contributed by atoms with van der Waals surface area (Å²) in [5.41, 5.74) is -0.246. The molecule has 0 bridgehead atoms. The number of methoxy groups -OCH3 is 1. The Kier molecular flexibility index (Phi) is 4.66. The molecule has 0 radical (unpaired) electrons. The standard InChI is InChI=1S/C18H21NO3S/c1-22-17(21)18(10-6-2-3-7-11-18)19-16(20)14-12-23-15-9-5-4-8-13(14)15/h4-5,8-9,12H,2-3,6-7,10-11H2,1H3,(H,19,20). The molecule has 1 aliphatic rings. The molecule has 122 valence electrons. The van der Waals surface area contributed by atoms with Crippen molar-refractivity contribution in [3.05, 3.63) is 35.2 Å². The Hall–Kier alpha value is -1.88. The highest BCUT2D eigenvalue weighted by Gasteiger charge is 2.41. The zero-order valence-electron chi connectivity index (χ0n) is 13.3. The molecule has 1 amide bonds. The first-order valence-electron chi connectivity index (χ1n) is 8.03. The molecular formula is C18H21NO3S. The van der Waals surface area contributed by atoms with Gasteiger partial charge in [-0.1, -0.05) is 43.9 Å². The molecule has 0 atom stereocenters. The molecule has 1 aromatic heterocycles. The van der Waals surface area contributed by atoms with Gasteiger partial charge in [-0.2, -0.15) is 0 Å². The lowest BCUT2D eigenvalue weighted by atomic mass is 9.89. The number of fused-ring (bicyclic) bond motifs is 1. The minimum absolute atomic E-state index is 0.185. The van der Waals surface area contributed by atoms with Gasteiger partial charge in [0.15, 0.2) is 0 Å². The van der Waals surface area contributed by atoms with Crippen LogP contribution in [0.25, 0.3) is 10.1 Å². The van der Waals surface area contributed by atoms with Gasteiger partial charge in [0.2, 0.25) is 0 Å². The van der Waals surface area contributed by atoms with Crippen LogP contribution in [0.4, 0.5) is 0 Å². The molecule has 1 fully saturated rings. The molecule has 1 N–H and O–H groups in total. The highest BCUT2D eigenvalue weighted by molar-refractivity contribution is 7.17. The van der Waals surface area contributed by atoms with E-state index in [4.69, 9.17) is 4.74 Å². The number of hydrogen-bond donors (Lipinski definition) is 1. The van der Waals surface area contributed by atoms with E-state index in [1.165, 1.54) is 7.11 Å². The van der Waals surface area contributed by atoms with Gasteiger partial charge in [0.1, 0.15) is 5.54 Å². The number of rotatable bonds is 3. The largest absolute Gasteiger partial charge is 0.467 e. The van der Waals surface area contributed by atoms with Crippen molar-refractivity contribution in [1.82, 2.24) is 5.32 Å². The van der Waals surface area contributed by atoms with Crippen molar-refractivity contribution in [3.8, 4) is 0 Å². The number of nitrogens with one attached hydrogen (secondary N) is 1. The number of carbonyl (C=O) groups is 2. The number of benzene rings is 1. The van der Waals surface area contributed by atoms with E-state index in [1.807, 2.05) is 29.6 Å². The molecule has 1 saturated carbocycles. The van der Waals surface area contributed by atoms with Crippen molar-refractivity contribution in [2.45, 2.75) is 44.1 Å². The van der Waals surface area contributed by atoms with Gasteiger partial charge in [0, 0.05) is 15.5 Å². The van der Waals surface area contributed by atoms with E-state index in [0.29, 0.717) is 18.4 Å². The maximum Gasteiger partial charge on any atom is 0.331 e. The smallest absolute Gasteiger partial charge is 0.331 e. The number of esters is 1. The third-order valence-corrected chi connectivity index (χ3v) is 5.58. The van der Waals surface area contributed by atoms with Gasteiger partial charge in [-0.15, -0.1) is 11.3 Å². The number of thiophene rings is 1. The van der Waals surface area contributed by atoms with Crippen LogP contribution in [0.5, 0.6) is 0 Å². The molecule has 1 heterocycles. The number of hydrogen-bond acceptors (Lipinski definition) is 4. The van der Waals surface area contributed by atoms with E-state index < -0.39 is 5.54 Å². The summed E-state index contributed by atoms with van der Waals surface area (Å²) in [4.78, 5) is 25.2. The third-order valence-electron chi connectivity index (χ3n) is 4.61. The minimum atomic E-state index is -0.884. The van der Waals surface area contributed by atoms with Gasteiger partial charge in [-0.25, -0.2) is 4.79 Å². The van der Waals surface area contributed by atoms with Crippen LogP contribution in [0.1, 0.15) is 48.9 Å². The van der Waals surface area contributed by atoms with Crippen LogP contribution in [0.15, 0.2) is 29.6 Å². The van der Waals surface area contributed by atoms with E-state index in [0.717, 1.165) is 35.8 Å². The highest BCUT2D eigenvalue weighted by Crippen LogP contribution is 2.30. The Labute approximate surface area is 139 Å². The average Bonchev–Trinajstić information content (AvgIpc) is 2.87. The van der Waals surface area contributed by atoms with E-state index in [2.05, 4.69) is 5.32 Å². The van der Waals surface area contributed by atoms with Crippen molar-refractivity contribution in [3.63, 3.8) is 0 Å². The first-order chi connectivity index (χ1) is 11.2. The lowest BCUT2D eigenvalue weighted by Crippen LogP contribution is -2.54. The van der Waals surface area contributed by atoms with Gasteiger partial charge < -0.3 is 10.1 Å². The van der Waals surface area contributed by atoms with E-state index in [-0.39, 0.29) is 11.9 Å². The molecule has 5 heteroatoms. The van der Waals surface area contributed by atoms with Crippen molar-refractivity contribution in [2.75, 3.05) is 7.11 Å². The fraction of sp³-hybridized carbons (Fsp3) is 0.444. The molecule has 4 nitrogen and oxygen atoms in total. The summed E-state index contributed by atoms with van der Waals surface area (Å²) in [7, 11) is 1.39. The quantitative estimate of drug-likeness (QED) is 0.685. The van der Waals surface area contributed by atoms with Crippen LogP contribution in [0, 0.1) is 0 Å². The first kappa shape index (κ1) is 16.0. The van der Waals surface area contributed by atoms with E-state index in [9.17, 15) is 9.59 Å². The maximum atomic E-state index is 12.8. The molecule has 0 aliphatic heterocycles. The Balaban J connectivity index is 1.90. The summed E-state index contributed by atoms with van der Waals surface area (Å²) in [6.07, 6.45) is 5.34. The molecule has 0 spiro atoms. The van der Waals surface area contributed by atoms with Crippen molar-refractivity contribution in [2.24, 2.45) is 0 Å². The Morgan fingerprint density at radius 1 is 1.13 bits per heavy atom. The predicted molar refractivity (Wildman–Crippen MR) is 91.7 cm³/mol. The topological polar surface area (TPSA) is 55.4 Å². The fourth-order valence-electron chi connectivity index (χ4n) is 3.35. The van der Waals surface area contributed by atoms with Crippen LogP contribution >= 0.6 is 11.3 Å². The summed E-state index contributed by atoms with van der Waals surface area (Å²) in [5.74, 6) is -0.512. The molecule has 1 aliphatic carbocycles. The Morgan fingerprint density at radius 3 is 2.52 bits per heavy atom. The molecule has 0 unspecified atom stereocenters. The van der Waals surface area contributed by atoms with Gasteiger partial charge in [0.25, 0.3) is 5.91 Å². The van der Waals surface area contributed by atoms with Crippen LogP contribution in [0.3, 0.4) is 0 Å². The Morgan fingerprint density at radius 2 is 1.83 bits per heavy atom. The second-order valence-electron chi connectivity index (χ2n) is 6.09. The van der Waals surface area contributed by atoms with Crippen LogP contribution in [-0.4, -0.2) is 24.5 Å². The number of carbonyl (C=O) groups excluding carboxylic acids is 2. The van der Waals surface area contributed by atoms with Crippen molar-refractivity contribution < 1.29 is 14.3 Å². The van der Waals surface area contributed by atoms with Gasteiger partial charge >= 0.3 is 5.97 Å². The van der Waals surface area contributed by atoms with Crippen LogP contribution < -0.4 is 5.32 Å². The van der Waals surface area contributed by atoms with Crippen LogP contribution in [0.2, 0.25) is 0 Å². The molecule has 3 rings (SSSR count). The van der Waals surface area contributed by atoms with Crippen molar-refractivity contribution in [1.29, 1.82) is 0 Å². The number of amides is 1. The molecule has 23 heavy (non-hydrogen) atoms. The van der Waals surface area contributed by atoms with E-state index in [1.54, 1.807) is 11.3 Å². The van der Waals surface area contributed by atoms with Gasteiger partial charge in [-0.05, 0) is 18.9 Å². The average molecular weight is 331 g/mol. The summed E-state index contributed by atoms with van der Waals surface area (Å²) in [6.45, 7) is 0. The summed E-state index contributed by atoms with van der Waals surface area (Å²) in [6, 6.07) is 7.83. The summed E-state index contributed by atoms with van der Waals surface area (Å²) in [5, 5.41) is 5.81. The molecular weight excluding hydrogens is 310 g/mol. The maximum absolute atomic E-state index is 12.8. The molecule has 1 aromatic carbocycles. The lowest BCUT2D eigenvalue weighted by molar-refractivity contribution is -0.148. The zero-order chi connectivity index (χ0) is 16.3. The predicted octanol–water partition coefficient (Wildman–Crippen LogP) is 3.90. The lowest BCUT2D eigenvalue weighted by Gasteiger charge is -2.30. The first-order valence-corrected chi connectivity index (χ1v) is 8.91. The second kappa shape index (κ2) is 6.71. The van der Waals surface area contributed by atoms with Crippen LogP contribution in [-0.2, 0) is 9.53 Å². The van der Waals surface area contributed by atoms with Crippen molar-refractivity contribution >= 4 is 33.3 Å². The molecule has 2 aromatic rings. The number of ether oxygens (including phenoxy) is 1. The zero-order valence-corrected chi connectivity index (χ0v) is 14.1. The van der Waals surface area contributed by atoms with E-state index >= 15 is 0 Å². The Bertz CT molecular complexity index is 714. The normalized spacial score (nSPS) is 17.4. The second-order valence-corrected chi connectivity index (χ2v) is 7.00.